The van der Waals surface area contributed by atoms with Crippen molar-refractivity contribution in [2.45, 2.75) is 27.7 Å². The van der Waals surface area contributed by atoms with Gasteiger partial charge in [-0.15, -0.1) is 0 Å². The molecule has 3 heteroatoms. The summed E-state index contributed by atoms with van der Waals surface area (Å²) in [5, 5.41) is 0.263. The molecule has 0 aromatic carbocycles. The van der Waals surface area contributed by atoms with Crippen LogP contribution < -0.4 is 0 Å². The molecular formula is C7H14OS2. The fourth-order valence-electron chi connectivity index (χ4n) is 0.237. The molecule has 1 nitrogen and oxygen atoms in total. The van der Waals surface area contributed by atoms with Gasteiger partial charge in [0, 0.05) is 11.2 Å². The third-order valence-electron chi connectivity index (χ3n) is 0.865. The predicted molar refractivity (Wildman–Crippen MR) is 50.2 cm³/mol. The van der Waals surface area contributed by atoms with Gasteiger partial charge < -0.3 is 0 Å². The van der Waals surface area contributed by atoms with Gasteiger partial charge >= 0.3 is 0 Å². The molecular weight excluding hydrogens is 164 g/mol. The Morgan fingerprint density at radius 1 is 1.40 bits per heavy atom. The summed E-state index contributed by atoms with van der Waals surface area (Å²) < 4.78 is 0. The normalized spacial score (nSPS) is 11.6. The summed E-state index contributed by atoms with van der Waals surface area (Å²) in [6, 6.07) is 0. The Kier molecular flexibility index (Phi) is 4.45. The van der Waals surface area contributed by atoms with Crippen molar-refractivity contribution < 1.29 is 4.79 Å². The van der Waals surface area contributed by atoms with Crippen LogP contribution in [0.15, 0.2) is 0 Å². The van der Waals surface area contributed by atoms with E-state index in [1.54, 1.807) is 10.8 Å². The minimum absolute atomic E-state index is 0.188. The second-order valence-electron chi connectivity index (χ2n) is 3.03. The first kappa shape index (κ1) is 10.4. The molecule has 0 aliphatic carbocycles. The third-order valence-corrected chi connectivity index (χ3v) is 3.50. The zero-order valence-electron chi connectivity index (χ0n) is 6.93. The van der Waals surface area contributed by atoms with E-state index in [1.165, 1.54) is 10.8 Å². The molecule has 0 N–H and O–H groups in total. The van der Waals surface area contributed by atoms with Crippen molar-refractivity contribution in [3.8, 4) is 0 Å². The van der Waals surface area contributed by atoms with Gasteiger partial charge in [-0.3, -0.25) is 4.79 Å². The second-order valence-corrected chi connectivity index (χ2v) is 5.58. The maximum atomic E-state index is 11.2. The smallest absolute Gasteiger partial charge is 0.204 e. The average Bonchev–Trinajstić information content (AvgIpc) is 1.80. The van der Waals surface area contributed by atoms with Gasteiger partial charge in [-0.2, -0.15) is 0 Å². The molecule has 0 bridgehead atoms. The Morgan fingerprint density at radius 2 is 1.90 bits per heavy atom. The largest absolute Gasteiger partial charge is 0.286 e. The summed E-state index contributed by atoms with van der Waals surface area (Å²) >= 11 is 0. The fourth-order valence-corrected chi connectivity index (χ4v) is 2.14. The van der Waals surface area contributed by atoms with Crippen LogP contribution in [0.25, 0.3) is 0 Å². The zero-order chi connectivity index (χ0) is 8.20. The predicted octanol–water partition coefficient (Wildman–Crippen LogP) is 2.96. The molecule has 0 fully saturated rings. The van der Waals surface area contributed by atoms with E-state index in [9.17, 15) is 4.79 Å². The highest BCUT2D eigenvalue weighted by Gasteiger charge is 2.21. The second kappa shape index (κ2) is 4.29. The van der Waals surface area contributed by atoms with Crippen LogP contribution in [0.5, 0.6) is 0 Å². The lowest BCUT2D eigenvalue weighted by molar-refractivity contribution is -0.117. The zero-order valence-corrected chi connectivity index (χ0v) is 8.56. The standard InChI is InChI=1S/C7H14OS2/c1-5-9-10-6(8)7(2,3)4/h5H2,1-4H3. The molecule has 0 radical (unpaired) electrons. The maximum absolute atomic E-state index is 11.2. The fraction of sp³-hybridized carbons (Fsp3) is 0.857. The van der Waals surface area contributed by atoms with Crippen LogP contribution in [0.2, 0.25) is 0 Å². The van der Waals surface area contributed by atoms with Crippen LogP contribution in [-0.4, -0.2) is 10.9 Å². The number of hydrogen-bond donors (Lipinski definition) is 0. The third kappa shape index (κ3) is 4.23. The molecule has 0 atom stereocenters. The van der Waals surface area contributed by atoms with Crippen molar-refractivity contribution in [1.82, 2.24) is 0 Å². The summed E-state index contributed by atoms with van der Waals surface area (Å²) in [7, 11) is 2.97. The van der Waals surface area contributed by atoms with E-state index in [0.717, 1.165) is 5.75 Å². The van der Waals surface area contributed by atoms with E-state index in [1.807, 2.05) is 27.7 Å². The van der Waals surface area contributed by atoms with Crippen molar-refractivity contribution >= 4 is 26.7 Å². The quantitative estimate of drug-likeness (QED) is 0.605. The summed E-state index contributed by atoms with van der Waals surface area (Å²) in [5.41, 5.74) is -0.188. The van der Waals surface area contributed by atoms with Gasteiger partial charge in [-0.1, -0.05) is 38.5 Å². The molecule has 0 rings (SSSR count). The van der Waals surface area contributed by atoms with Gasteiger partial charge in [-0.05, 0) is 10.8 Å². The molecule has 60 valence electrons. The Morgan fingerprint density at radius 3 is 2.20 bits per heavy atom. The van der Waals surface area contributed by atoms with E-state index in [-0.39, 0.29) is 10.5 Å². The van der Waals surface area contributed by atoms with Crippen molar-refractivity contribution in [2.24, 2.45) is 5.41 Å². The van der Waals surface area contributed by atoms with Gasteiger partial charge in [0.05, 0.1) is 0 Å². The average molecular weight is 178 g/mol. The van der Waals surface area contributed by atoms with Gasteiger partial charge in [0.25, 0.3) is 0 Å². The number of hydrogen-bond acceptors (Lipinski definition) is 3. The van der Waals surface area contributed by atoms with E-state index in [4.69, 9.17) is 0 Å². The molecule has 10 heavy (non-hydrogen) atoms. The molecule has 0 unspecified atom stereocenters. The van der Waals surface area contributed by atoms with Crippen LogP contribution >= 0.6 is 21.6 Å². The molecule has 0 aliphatic heterocycles. The molecule has 0 amide bonds. The monoisotopic (exact) mass is 178 g/mol. The SMILES string of the molecule is CCSSC(=O)C(C)(C)C. The molecule has 0 heterocycles. The van der Waals surface area contributed by atoms with Gasteiger partial charge in [0.15, 0.2) is 0 Å². The Labute approximate surface area is 70.7 Å². The Bertz CT molecular complexity index is 115. The summed E-state index contributed by atoms with van der Waals surface area (Å²) in [6.07, 6.45) is 0. The number of carbonyl (C=O) groups excluding carboxylic acids is 1. The lowest BCUT2D eigenvalue weighted by atomic mass is 10.00. The topological polar surface area (TPSA) is 17.1 Å². The van der Waals surface area contributed by atoms with Crippen LogP contribution in [0, 0.1) is 5.41 Å². The Hall–Kier alpha value is 0.370. The van der Waals surface area contributed by atoms with Gasteiger partial charge in [0.1, 0.15) is 0 Å². The molecule has 0 saturated heterocycles. The van der Waals surface area contributed by atoms with E-state index < -0.39 is 0 Å². The van der Waals surface area contributed by atoms with Gasteiger partial charge in [0.2, 0.25) is 5.12 Å². The minimum Gasteiger partial charge on any atom is -0.286 e. The van der Waals surface area contributed by atoms with E-state index in [0.29, 0.717) is 0 Å². The van der Waals surface area contributed by atoms with Crippen LogP contribution in [-0.2, 0) is 4.79 Å². The van der Waals surface area contributed by atoms with Crippen molar-refractivity contribution in [2.75, 3.05) is 5.75 Å². The Balaban J connectivity index is 3.64. The lowest BCUT2D eigenvalue weighted by Crippen LogP contribution is -2.15. The number of carbonyl (C=O) groups is 1. The van der Waals surface area contributed by atoms with Gasteiger partial charge in [-0.25, -0.2) is 0 Å². The maximum Gasteiger partial charge on any atom is 0.204 e. The summed E-state index contributed by atoms with van der Waals surface area (Å²) in [5.74, 6) is 0.993. The summed E-state index contributed by atoms with van der Waals surface area (Å²) in [6.45, 7) is 7.88. The molecule has 0 aliphatic rings. The molecule has 0 aromatic rings. The lowest BCUT2D eigenvalue weighted by Gasteiger charge is -2.14. The van der Waals surface area contributed by atoms with Crippen molar-refractivity contribution in [3.63, 3.8) is 0 Å². The highest BCUT2D eigenvalue weighted by molar-refractivity contribution is 8.82. The van der Waals surface area contributed by atoms with Crippen LogP contribution in [0.1, 0.15) is 27.7 Å². The number of rotatable bonds is 2. The van der Waals surface area contributed by atoms with Crippen LogP contribution in [0.3, 0.4) is 0 Å². The minimum atomic E-state index is -0.188. The highest BCUT2D eigenvalue weighted by atomic mass is 33.1. The highest BCUT2D eigenvalue weighted by Crippen LogP contribution is 2.30. The first-order valence-corrected chi connectivity index (χ1v) is 5.64. The summed E-state index contributed by atoms with van der Waals surface area (Å²) in [4.78, 5) is 11.2. The van der Waals surface area contributed by atoms with E-state index in [2.05, 4.69) is 0 Å². The van der Waals surface area contributed by atoms with E-state index >= 15 is 0 Å². The van der Waals surface area contributed by atoms with Crippen molar-refractivity contribution in [1.29, 1.82) is 0 Å². The first-order valence-electron chi connectivity index (χ1n) is 3.32. The first-order chi connectivity index (χ1) is 4.48. The molecule has 0 saturated carbocycles. The van der Waals surface area contributed by atoms with Crippen molar-refractivity contribution in [3.05, 3.63) is 0 Å². The molecule has 0 aromatic heterocycles. The van der Waals surface area contributed by atoms with Crippen LogP contribution in [0.4, 0.5) is 0 Å². The molecule has 0 spiro atoms.